The van der Waals surface area contributed by atoms with Crippen molar-refractivity contribution in [1.29, 1.82) is 0 Å². The third-order valence-electron chi connectivity index (χ3n) is 8.34. The minimum atomic E-state index is 0.193. The Kier molecular flexibility index (Phi) is 5.87. The first-order chi connectivity index (χ1) is 18.9. The average Bonchev–Trinajstić information content (AvgIpc) is 3.44. The van der Waals surface area contributed by atoms with Crippen molar-refractivity contribution in [3.05, 3.63) is 108 Å². The molecule has 4 aromatic carbocycles. The van der Waals surface area contributed by atoms with Crippen LogP contribution in [0.25, 0.3) is 21.5 Å². The molecule has 2 atom stereocenters. The van der Waals surface area contributed by atoms with Crippen LogP contribution in [0.5, 0.6) is 5.75 Å². The smallest absolute Gasteiger partial charge is 0.200 e. The van der Waals surface area contributed by atoms with E-state index in [0.29, 0.717) is 5.37 Å². The van der Waals surface area contributed by atoms with E-state index in [1.165, 1.54) is 43.3 Å². The van der Waals surface area contributed by atoms with Crippen LogP contribution in [0.2, 0.25) is 0 Å². The van der Waals surface area contributed by atoms with Crippen molar-refractivity contribution < 1.29 is 9.64 Å². The van der Waals surface area contributed by atoms with Crippen molar-refractivity contribution in [3.63, 3.8) is 0 Å². The lowest BCUT2D eigenvalue weighted by Gasteiger charge is -2.31. The summed E-state index contributed by atoms with van der Waals surface area (Å²) in [4.78, 5) is 5.18. The van der Waals surface area contributed by atoms with Crippen molar-refractivity contribution in [2.24, 2.45) is 5.41 Å². The first-order valence-electron chi connectivity index (χ1n) is 14.0. The van der Waals surface area contributed by atoms with E-state index >= 15 is 0 Å². The summed E-state index contributed by atoms with van der Waals surface area (Å²) in [6.07, 6.45) is 9.35. The summed E-state index contributed by atoms with van der Waals surface area (Å²) in [5, 5.41) is 5.57. The molecule has 0 saturated carbocycles. The number of quaternary nitrogens is 1. The molecule has 2 aliphatic heterocycles. The predicted octanol–water partition coefficient (Wildman–Crippen LogP) is 8.00. The minimum Gasteiger partial charge on any atom is -0.439 e. The number of benzene rings is 4. The highest BCUT2D eigenvalue weighted by Gasteiger charge is 2.36. The zero-order valence-electron chi connectivity index (χ0n) is 23.1. The van der Waals surface area contributed by atoms with E-state index in [2.05, 4.69) is 124 Å². The number of hydrogen-bond donors (Lipinski definition) is 1. The normalized spacial score (nSPS) is 23.8. The predicted molar refractivity (Wildman–Crippen MR) is 165 cm³/mol. The van der Waals surface area contributed by atoms with Gasteiger partial charge in [0.25, 0.3) is 0 Å². The molecular formula is C35H35N2OS+. The van der Waals surface area contributed by atoms with Gasteiger partial charge in [0.2, 0.25) is 5.88 Å². The fourth-order valence-electron chi connectivity index (χ4n) is 6.69. The SMILES string of the molecule is CC[NH+]1c2c(ccc3ccccc23)SC1/C=C1C=C(/C=C2\Oc3ccc4ccccc4c3N2C)CC(C)(C)C/1. The third kappa shape index (κ3) is 4.27. The number of nitrogens with zero attached hydrogens (tertiary/aromatic N) is 1. The maximum absolute atomic E-state index is 6.40. The highest BCUT2D eigenvalue weighted by Crippen LogP contribution is 2.46. The summed E-state index contributed by atoms with van der Waals surface area (Å²) >= 11 is 2.01. The Bertz CT molecular complexity index is 1710. The van der Waals surface area contributed by atoms with E-state index in [-0.39, 0.29) is 5.41 Å². The molecule has 0 aromatic heterocycles. The van der Waals surface area contributed by atoms with Gasteiger partial charge in [0.1, 0.15) is 0 Å². The molecule has 2 unspecified atom stereocenters. The number of thioether (sulfide) groups is 1. The van der Waals surface area contributed by atoms with Crippen molar-refractivity contribution in [2.45, 2.75) is 43.9 Å². The highest BCUT2D eigenvalue weighted by molar-refractivity contribution is 8.00. The lowest BCUT2D eigenvalue weighted by atomic mass is 9.75. The Hall–Kier alpha value is -3.47. The van der Waals surface area contributed by atoms with Crippen LogP contribution in [0.1, 0.15) is 33.6 Å². The molecule has 1 N–H and O–H groups in total. The van der Waals surface area contributed by atoms with E-state index in [0.717, 1.165) is 36.7 Å². The summed E-state index contributed by atoms with van der Waals surface area (Å²) in [5.74, 6) is 1.84. The molecule has 0 amide bonds. The first-order valence-corrected chi connectivity index (χ1v) is 14.9. The molecule has 4 heteroatoms. The monoisotopic (exact) mass is 531 g/mol. The van der Waals surface area contributed by atoms with Crippen molar-refractivity contribution >= 4 is 44.7 Å². The molecule has 0 saturated heterocycles. The average molecular weight is 532 g/mol. The number of likely N-dealkylation sites (N-methyl/N-ethyl adjacent to an activating group) is 1. The van der Waals surface area contributed by atoms with Crippen LogP contribution in [-0.2, 0) is 0 Å². The molecule has 3 nitrogen and oxygen atoms in total. The van der Waals surface area contributed by atoms with Gasteiger partial charge in [-0.05, 0) is 71.4 Å². The molecule has 7 rings (SSSR count). The molecule has 3 aliphatic rings. The van der Waals surface area contributed by atoms with Gasteiger partial charge in [0.05, 0.1) is 17.1 Å². The van der Waals surface area contributed by atoms with Crippen LogP contribution in [0, 0.1) is 5.41 Å². The maximum Gasteiger partial charge on any atom is 0.200 e. The van der Waals surface area contributed by atoms with Crippen LogP contribution in [0.4, 0.5) is 11.4 Å². The summed E-state index contributed by atoms with van der Waals surface area (Å²) in [6.45, 7) is 8.16. The molecule has 0 spiro atoms. The van der Waals surface area contributed by atoms with Gasteiger partial charge in [0.15, 0.2) is 16.8 Å². The van der Waals surface area contributed by atoms with Crippen molar-refractivity contribution in [1.82, 2.24) is 0 Å². The molecular weight excluding hydrogens is 496 g/mol. The highest BCUT2D eigenvalue weighted by atomic mass is 32.2. The number of hydrogen-bond acceptors (Lipinski definition) is 3. The van der Waals surface area contributed by atoms with E-state index < -0.39 is 0 Å². The summed E-state index contributed by atoms with van der Waals surface area (Å²) in [6, 6.07) is 26.2. The Balaban J connectivity index is 1.23. The second-order valence-corrected chi connectivity index (χ2v) is 13.0. The second kappa shape index (κ2) is 9.32. The van der Waals surface area contributed by atoms with Gasteiger partial charge in [-0.2, -0.15) is 0 Å². The maximum atomic E-state index is 6.40. The van der Waals surface area contributed by atoms with E-state index in [1.807, 2.05) is 11.8 Å². The Morgan fingerprint density at radius 1 is 0.949 bits per heavy atom. The van der Waals surface area contributed by atoms with Gasteiger partial charge in [-0.3, -0.25) is 4.90 Å². The molecule has 39 heavy (non-hydrogen) atoms. The number of anilines is 1. The number of allylic oxidation sites excluding steroid dienone is 4. The minimum absolute atomic E-state index is 0.193. The first kappa shape index (κ1) is 24.6. The fourth-order valence-corrected chi connectivity index (χ4v) is 8.13. The molecule has 196 valence electrons. The molecule has 0 bridgehead atoms. The number of ether oxygens (including phenoxy) is 1. The molecule has 1 aliphatic carbocycles. The van der Waals surface area contributed by atoms with Gasteiger partial charge in [0, 0.05) is 23.9 Å². The molecule has 2 heterocycles. The Labute approximate surface area is 235 Å². The molecule has 0 radical (unpaired) electrons. The largest absolute Gasteiger partial charge is 0.439 e. The lowest BCUT2D eigenvalue weighted by Crippen LogP contribution is -3.08. The van der Waals surface area contributed by atoms with Gasteiger partial charge in [-0.1, -0.05) is 86.3 Å². The lowest BCUT2D eigenvalue weighted by molar-refractivity contribution is -0.831. The molecule has 0 fully saturated rings. The van der Waals surface area contributed by atoms with Crippen LogP contribution < -0.4 is 14.5 Å². The van der Waals surface area contributed by atoms with Gasteiger partial charge in [-0.15, -0.1) is 0 Å². The summed E-state index contributed by atoms with van der Waals surface area (Å²) < 4.78 is 6.40. The zero-order valence-corrected chi connectivity index (χ0v) is 23.9. The van der Waals surface area contributed by atoms with Gasteiger partial charge >= 0.3 is 0 Å². The summed E-state index contributed by atoms with van der Waals surface area (Å²) in [7, 11) is 2.12. The zero-order chi connectivity index (χ0) is 26.7. The van der Waals surface area contributed by atoms with Crippen LogP contribution in [0.3, 0.4) is 0 Å². The van der Waals surface area contributed by atoms with Gasteiger partial charge < -0.3 is 9.64 Å². The van der Waals surface area contributed by atoms with Crippen LogP contribution in [0.15, 0.2) is 113 Å². The second-order valence-electron chi connectivity index (χ2n) is 11.8. The van der Waals surface area contributed by atoms with E-state index in [1.54, 1.807) is 4.90 Å². The Morgan fingerprint density at radius 3 is 2.46 bits per heavy atom. The number of rotatable bonds is 3. The van der Waals surface area contributed by atoms with Crippen LogP contribution in [-0.4, -0.2) is 19.0 Å². The van der Waals surface area contributed by atoms with Crippen LogP contribution >= 0.6 is 11.8 Å². The number of nitrogens with one attached hydrogen (secondary N) is 1. The number of fused-ring (bicyclic) bond motifs is 6. The summed E-state index contributed by atoms with van der Waals surface area (Å²) in [5.41, 5.74) is 5.58. The molecule has 4 aromatic rings. The van der Waals surface area contributed by atoms with Crippen molar-refractivity contribution in [2.75, 3.05) is 18.5 Å². The standard InChI is InChI=1S/C35H34N2OS/c1-5-37-32(39-30-17-15-26-11-7-9-13-28(26)34(30)37)20-24-18-23(21-35(2,3)22-24)19-31-36(4)33-27-12-8-6-10-25(27)14-16-29(33)38-31/h6-20,32H,5,21-22H2,1-4H3/p+1/b24-20-,31-19-. The van der Waals surface area contributed by atoms with E-state index in [9.17, 15) is 0 Å². The fraction of sp³-hybridized carbons (Fsp3) is 0.257. The Morgan fingerprint density at radius 2 is 1.67 bits per heavy atom. The van der Waals surface area contributed by atoms with E-state index in [4.69, 9.17) is 4.74 Å². The third-order valence-corrected chi connectivity index (χ3v) is 9.61. The van der Waals surface area contributed by atoms with Crippen molar-refractivity contribution in [3.8, 4) is 5.75 Å². The quantitative estimate of drug-likeness (QED) is 0.289. The van der Waals surface area contributed by atoms with Gasteiger partial charge in [-0.25, -0.2) is 0 Å². The topological polar surface area (TPSA) is 16.9 Å².